The van der Waals surface area contributed by atoms with Gasteiger partial charge in [-0.1, -0.05) is 90.1 Å². The van der Waals surface area contributed by atoms with Crippen LogP contribution < -0.4 is 10.6 Å². The Labute approximate surface area is 363 Å². The molecule has 14 heteroatoms. The molecule has 3 fully saturated rings. The number of rotatable bonds is 11. The molecule has 1 saturated carbocycles. The van der Waals surface area contributed by atoms with Crippen LogP contribution in [-0.4, -0.2) is 98.6 Å². The normalized spacial score (nSPS) is 21.3. The Morgan fingerprint density at radius 2 is 1.35 bits per heavy atom. The molecular formula is C48H60N8O6. The monoisotopic (exact) mass is 844 g/mol. The van der Waals surface area contributed by atoms with E-state index in [1.165, 1.54) is 14.2 Å². The predicted octanol–water partition coefficient (Wildman–Crippen LogP) is 8.19. The number of imidazole rings is 2. The number of fused-ring (bicyclic) bond motifs is 1. The molecule has 5 aromatic rings. The van der Waals surface area contributed by atoms with Crippen molar-refractivity contribution in [3.63, 3.8) is 0 Å². The molecule has 6 atom stereocenters. The van der Waals surface area contributed by atoms with Crippen LogP contribution in [0.25, 0.3) is 44.4 Å². The van der Waals surface area contributed by atoms with E-state index in [-0.39, 0.29) is 35.2 Å². The summed E-state index contributed by atoms with van der Waals surface area (Å²) in [7, 11) is 2.63. The van der Waals surface area contributed by atoms with Crippen LogP contribution in [0, 0.1) is 22.7 Å². The lowest BCUT2D eigenvalue weighted by molar-refractivity contribution is -0.137. The molecule has 0 bridgehead atoms. The minimum Gasteiger partial charge on any atom is -0.453 e. The van der Waals surface area contributed by atoms with Crippen LogP contribution in [0.15, 0.2) is 73.1 Å². The zero-order valence-corrected chi connectivity index (χ0v) is 37.0. The van der Waals surface area contributed by atoms with Crippen molar-refractivity contribution in [3.8, 4) is 33.6 Å². The lowest BCUT2D eigenvalue weighted by Crippen LogP contribution is -2.54. The summed E-state index contributed by atoms with van der Waals surface area (Å²) in [5.41, 5.74) is 5.64. The standard InChI is InChI=1S/C48H60N8O6/c1-27(2)39(53-45(59)61-7)43(57)56-26-48(17-18-48)22-38(56)42-50-24-36(52-42)34-16-15-32-20-31(13-14-33(32)21-34)29-9-11-30(12-10-29)35-23-49-41(51-35)37-19-28(3)25-55(37)44(58)40(47(4,5)6)54-46(60)62-8/h9-16,20-21,23-24,27-28,37-40,43,57H,17-19,22,25-26H2,1-8H3,(H,49,51)(H,50,52)(H,53,59)(H,54,60)/t28-,37-,38-,39-,40+,43?/m0/s1. The number of aromatic amines is 2. The largest absolute Gasteiger partial charge is 0.453 e. The van der Waals surface area contributed by atoms with Gasteiger partial charge in [-0.05, 0) is 87.9 Å². The van der Waals surface area contributed by atoms with Gasteiger partial charge in [0.25, 0.3) is 0 Å². The molecule has 3 aliphatic rings. The number of methoxy groups -OCH3 is 2. The molecule has 62 heavy (non-hydrogen) atoms. The summed E-state index contributed by atoms with van der Waals surface area (Å²) in [6.45, 7) is 13.2. The second kappa shape index (κ2) is 16.9. The number of nitrogens with zero attached hydrogens (tertiary/aromatic N) is 4. The zero-order valence-electron chi connectivity index (χ0n) is 37.0. The van der Waals surface area contributed by atoms with Crippen molar-refractivity contribution < 1.29 is 29.0 Å². The van der Waals surface area contributed by atoms with Gasteiger partial charge in [0, 0.05) is 18.7 Å². The predicted molar refractivity (Wildman–Crippen MR) is 237 cm³/mol. The van der Waals surface area contributed by atoms with Crippen molar-refractivity contribution in [2.75, 3.05) is 27.3 Å². The first-order valence-electron chi connectivity index (χ1n) is 21.7. The highest BCUT2D eigenvalue weighted by Crippen LogP contribution is 2.59. The molecule has 14 nitrogen and oxygen atoms in total. The zero-order chi connectivity index (χ0) is 44.1. The maximum Gasteiger partial charge on any atom is 0.407 e. The Balaban J connectivity index is 0.958. The first-order valence-corrected chi connectivity index (χ1v) is 21.7. The van der Waals surface area contributed by atoms with Crippen molar-refractivity contribution in [2.45, 2.75) is 97.6 Å². The number of carbonyl (C=O) groups is 3. The third-order valence-corrected chi connectivity index (χ3v) is 13.2. The number of amides is 3. The summed E-state index contributed by atoms with van der Waals surface area (Å²) < 4.78 is 9.70. The van der Waals surface area contributed by atoms with Gasteiger partial charge in [0.15, 0.2) is 0 Å². The number of nitrogens with one attached hydrogen (secondary N) is 4. The quantitative estimate of drug-likeness (QED) is 0.0877. The Morgan fingerprint density at radius 1 is 0.806 bits per heavy atom. The fourth-order valence-electron chi connectivity index (χ4n) is 9.43. The van der Waals surface area contributed by atoms with E-state index >= 15 is 0 Å². The van der Waals surface area contributed by atoms with Gasteiger partial charge in [0.05, 0.1) is 56.1 Å². The van der Waals surface area contributed by atoms with Gasteiger partial charge in [-0.15, -0.1) is 0 Å². The van der Waals surface area contributed by atoms with E-state index in [9.17, 15) is 19.5 Å². The van der Waals surface area contributed by atoms with E-state index in [1.54, 1.807) is 0 Å². The molecule has 3 amide bonds. The second-order valence-corrected chi connectivity index (χ2v) is 19.2. The lowest BCUT2D eigenvalue weighted by atomic mass is 9.85. The van der Waals surface area contributed by atoms with Crippen molar-refractivity contribution >= 4 is 28.9 Å². The highest BCUT2D eigenvalue weighted by atomic mass is 16.5. The van der Waals surface area contributed by atoms with Crippen molar-refractivity contribution in [1.82, 2.24) is 40.4 Å². The molecule has 2 saturated heterocycles. The van der Waals surface area contributed by atoms with Gasteiger partial charge < -0.3 is 40.1 Å². The van der Waals surface area contributed by atoms with Crippen LogP contribution in [0.2, 0.25) is 0 Å². The number of aromatic nitrogens is 4. The number of ether oxygens (including phenoxy) is 2. The summed E-state index contributed by atoms with van der Waals surface area (Å²) >= 11 is 0. The highest BCUT2D eigenvalue weighted by Gasteiger charge is 2.55. The minimum absolute atomic E-state index is 0.00693. The topological polar surface area (TPSA) is 178 Å². The Hall–Kier alpha value is -5.73. The average Bonchev–Trinajstić information content (AvgIpc) is 3.73. The third-order valence-electron chi connectivity index (χ3n) is 13.2. The number of aliphatic hydroxyl groups excluding tert-OH is 1. The van der Waals surface area contributed by atoms with Gasteiger partial charge >= 0.3 is 12.2 Å². The average molecular weight is 845 g/mol. The molecule has 2 aliphatic heterocycles. The number of carbonyl (C=O) groups excluding carboxylic acids is 3. The maximum absolute atomic E-state index is 13.9. The van der Waals surface area contributed by atoms with Crippen molar-refractivity contribution in [3.05, 3.63) is 84.7 Å². The number of H-pyrrole nitrogens is 2. The summed E-state index contributed by atoms with van der Waals surface area (Å²) in [5, 5.41) is 19.5. The summed E-state index contributed by atoms with van der Waals surface area (Å²) in [4.78, 5) is 58.9. The first kappa shape index (κ1) is 42.9. The van der Waals surface area contributed by atoms with E-state index in [2.05, 4.69) is 93.1 Å². The third kappa shape index (κ3) is 8.67. The lowest BCUT2D eigenvalue weighted by Gasteiger charge is -2.36. The fourth-order valence-corrected chi connectivity index (χ4v) is 9.43. The number of alkyl carbamates (subject to hydrolysis) is 2. The van der Waals surface area contributed by atoms with Gasteiger partial charge in [-0.3, -0.25) is 9.69 Å². The molecule has 3 aromatic carbocycles. The Morgan fingerprint density at radius 3 is 1.95 bits per heavy atom. The molecule has 5 N–H and O–H groups in total. The number of hydrogen-bond donors (Lipinski definition) is 5. The Kier molecular flexibility index (Phi) is 11.7. The molecule has 328 valence electrons. The van der Waals surface area contributed by atoms with Crippen LogP contribution in [0.1, 0.15) is 91.0 Å². The van der Waals surface area contributed by atoms with Crippen LogP contribution in [0.5, 0.6) is 0 Å². The summed E-state index contributed by atoms with van der Waals surface area (Å²) in [6, 6.07) is 19.7. The highest BCUT2D eigenvalue weighted by molar-refractivity contribution is 5.91. The van der Waals surface area contributed by atoms with E-state index in [0.29, 0.717) is 6.54 Å². The van der Waals surface area contributed by atoms with Crippen molar-refractivity contribution in [1.29, 1.82) is 0 Å². The summed E-state index contributed by atoms with van der Waals surface area (Å²) in [5.74, 6) is 1.66. The van der Waals surface area contributed by atoms with Gasteiger partial charge in [-0.25, -0.2) is 19.6 Å². The number of benzene rings is 3. The van der Waals surface area contributed by atoms with E-state index < -0.39 is 35.9 Å². The molecule has 1 spiro atoms. The number of hydrogen-bond acceptors (Lipinski definition) is 9. The molecule has 1 aliphatic carbocycles. The van der Waals surface area contributed by atoms with E-state index in [4.69, 9.17) is 19.4 Å². The van der Waals surface area contributed by atoms with E-state index in [0.717, 1.165) is 88.3 Å². The SMILES string of the molecule is COC(=O)N[C@@H](C(C)C)C(O)N1CC2(CC2)C[C@H]1c1ncc(-c2ccc3cc(-c4ccc(-c5cnc([C@@H]6C[C@H](C)CN6C(=O)[C@@H](NC(=O)OC)C(C)(C)C)[nH]5)cc4)ccc3c2)[nH]1. The Bertz CT molecular complexity index is 2430. The van der Waals surface area contributed by atoms with Crippen LogP contribution in [-0.2, 0) is 14.3 Å². The molecule has 2 aromatic heterocycles. The molecule has 1 unspecified atom stereocenters. The van der Waals surface area contributed by atoms with Gasteiger partial charge in [-0.2, -0.15) is 0 Å². The number of likely N-dealkylation sites (tertiary alicyclic amines) is 2. The van der Waals surface area contributed by atoms with Crippen LogP contribution >= 0.6 is 0 Å². The maximum atomic E-state index is 13.9. The van der Waals surface area contributed by atoms with Gasteiger partial charge in [0.2, 0.25) is 5.91 Å². The molecular weight excluding hydrogens is 785 g/mol. The smallest absolute Gasteiger partial charge is 0.407 e. The minimum atomic E-state index is -0.889. The molecule has 4 heterocycles. The fraction of sp³-hybridized carbons (Fsp3) is 0.479. The second-order valence-electron chi connectivity index (χ2n) is 19.2. The molecule has 0 radical (unpaired) electrons. The molecule has 8 rings (SSSR count). The van der Waals surface area contributed by atoms with Crippen LogP contribution in [0.4, 0.5) is 9.59 Å². The van der Waals surface area contributed by atoms with Crippen LogP contribution in [0.3, 0.4) is 0 Å². The van der Waals surface area contributed by atoms with E-state index in [1.807, 2.05) is 51.9 Å². The number of aliphatic hydroxyl groups is 1. The first-order chi connectivity index (χ1) is 29.6. The summed E-state index contributed by atoms with van der Waals surface area (Å²) in [6.07, 6.45) is 5.55. The van der Waals surface area contributed by atoms with Crippen molar-refractivity contribution in [2.24, 2.45) is 22.7 Å². The van der Waals surface area contributed by atoms with Gasteiger partial charge in [0.1, 0.15) is 23.9 Å².